The molecule has 0 unspecified atom stereocenters. The molecule has 0 fully saturated rings. The van der Waals surface area contributed by atoms with Gasteiger partial charge in [0.15, 0.2) is 6.29 Å². The van der Waals surface area contributed by atoms with Crippen molar-refractivity contribution in [3.05, 3.63) is 5.82 Å². The number of aromatic amines is 1. The quantitative estimate of drug-likeness (QED) is 0.601. The fraction of sp³-hybridized carbons (Fsp3) is 0.750. The Bertz CT molecular complexity index is 297. The van der Waals surface area contributed by atoms with E-state index in [1.165, 1.54) is 0 Å². The number of tetrazole rings is 1. The summed E-state index contributed by atoms with van der Waals surface area (Å²) in [6.45, 7) is 4.99. The van der Waals surface area contributed by atoms with Crippen LogP contribution in [0.4, 0.5) is 0 Å². The van der Waals surface area contributed by atoms with Gasteiger partial charge in [0.1, 0.15) is 0 Å². The van der Waals surface area contributed by atoms with E-state index in [0.29, 0.717) is 13.2 Å². The molecule has 90 valence electrons. The fourth-order valence-corrected chi connectivity index (χ4v) is 1.05. The molecule has 0 saturated heterocycles. The number of rotatable bonds is 7. The highest BCUT2D eigenvalue weighted by molar-refractivity contribution is 5.89. The first kappa shape index (κ1) is 12.5. The van der Waals surface area contributed by atoms with E-state index in [2.05, 4.69) is 25.9 Å². The molecule has 0 aromatic carbocycles. The molecule has 8 heteroatoms. The standard InChI is InChI=1S/C8H15N5O3/c1-3-15-6(16-4-2)5-9-8(14)7-10-12-13-11-7/h6H,3-5H2,1-2H3,(H,9,14)(H,10,11,12,13). The van der Waals surface area contributed by atoms with Crippen molar-refractivity contribution in [3.63, 3.8) is 0 Å². The van der Waals surface area contributed by atoms with E-state index in [-0.39, 0.29) is 12.4 Å². The maximum atomic E-state index is 11.4. The van der Waals surface area contributed by atoms with Crippen LogP contribution in [0.2, 0.25) is 0 Å². The minimum Gasteiger partial charge on any atom is -0.351 e. The van der Waals surface area contributed by atoms with Gasteiger partial charge >= 0.3 is 0 Å². The Hall–Kier alpha value is -1.54. The number of nitrogens with zero attached hydrogens (tertiary/aromatic N) is 3. The van der Waals surface area contributed by atoms with Gasteiger partial charge in [-0.15, -0.1) is 10.2 Å². The fourth-order valence-electron chi connectivity index (χ4n) is 1.05. The summed E-state index contributed by atoms with van der Waals surface area (Å²) in [5.74, 6) is -0.426. The highest BCUT2D eigenvalue weighted by atomic mass is 16.7. The summed E-state index contributed by atoms with van der Waals surface area (Å²) in [4.78, 5) is 11.4. The van der Waals surface area contributed by atoms with Gasteiger partial charge in [0.05, 0.1) is 6.54 Å². The predicted molar refractivity (Wildman–Crippen MR) is 53.6 cm³/mol. The van der Waals surface area contributed by atoms with E-state index in [1.807, 2.05) is 13.8 Å². The van der Waals surface area contributed by atoms with E-state index in [9.17, 15) is 4.79 Å². The number of carbonyl (C=O) groups excluding carboxylic acids is 1. The molecule has 1 heterocycles. The second-order valence-corrected chi connectivity index (χ2v) is 2.79. The molecule has 0 saturated carbocycles. The number of hydrogen-bond acceptors (Lipinski definition) is 6. The second kappa shape index (κ2) is 6.85. The van der Waals surface area contributed by atoms with Gasteiger partial charge in [0, 0.05) is 13.2 Å². The van der Waals surface area contributed by atoms with Crippen molar-refractivity contribution in [3.8, 4) is 0 Å². The zero-order valence-corrected chi connectivity index (χ0v) is 9.27. The van der Waals surface area contributed by atoms with E-state index in [1.54, 1.807) is 0 Å². The number of H-pyrrole nitrogens is 1. The Kier molecular flexibility index (Phi) is 5.37. The summed E-state index contributed by atoms with van der Waals surface area (Å²) < 4.78 is 10.5. The summed E-state index contributed by atoms with van der Waals surface area (Å²) in [6.07, 6.45) is -0.453. The van der Waals surface area contributed by atoms with E-state index >= 15 is 0 Å². The molecule has 0 spiro atoms. The summed E-state index contributed by atoms with van der Waals surface area (Å²) in [6, 6.07) is 0. The van der Waals surface area contributed by atoms with Crippen LogP contribution in [0, 0.1) is 0 Å². The van der Waals surface area contributed by atoms with Gasteiger partial charge in [-0.25, -0.2) is 0 Å². The number of hydrogen-bond donors (Lipinski definition) is 2. The highest BCUT2D eigenvalue weighted by Gasteiger charge is 2.14. The maximum absolute atomic E-state index is 11.4. The molecule has 2 N–H and O–H groups in total. The van der Waals surface area contributed by atoms with Gasteiger partial charge < -0.3 is 14.8 Å². The number of nitrogens with one attached hydrogen (secondary N) is 2. The van der Waals surface area contributed by atoms with Gasteiger partial charge in [-0.1, -0.05) is 0 Å². The summed E-state index contributed by atoms with van der Waals surface area (Å²) >= 11 is 0. The molecule has 0 aliphatic heterocycles. The van der Waals surface area contributed by atoms with Crippen molar-refractivity contribution < 1.29 is 14.3 Å². The first-order valence-electron chi connectivity index (χ1n) is 5.02. The molecule has 1 aromatic rings. The smallest absolute Gasteiger partial charge is 0.293 e. The maximum Gasteiger partial charge on any atom is 0.293 e. The van der Waals surface area contributed by atoms with Crippen molar-refractivity contribution in [1.29, 1.82) is 0 Å². The van der Waals surface area contributed by atoms with Crippen molar-refractivity contribution >= 4 is 5.91 Å². The van der Waals surface area contributed by atoms with Gasteiger partial charge in [0.2, 0.25) is 0 Å². The minimum absolute atomic E-state index is 0.00764. The molecule has 16 heavy (non-hydrogen) atoms. The Morgan fingerprint density at radius 1 is 1.44 bits per heavy atom. The Morgan fingerprint density at radius 2 is 2.12 bits per heavy atom. The summed E-state index contributed by atoms with van der Waals surface area (Å²) in [5, 5.41) is 15.1. The Balaban J connectivity index is 2.34. The molecule has 0 bridgehead atoms. The number of carbonyl (C=O) groups is 1. The van der Waals surface area contributed by atoms with Gasteiger partial charge in [-0.2, -0.15) is 5.21 Å². The largest absolute Gasteiger partial charge is 0.351 e. The van der Waals surface area contributed by atoms with Gasteiger partial charge in [-0.3, -0.25) is 4.79 Å². The lowest BCUT2D eigenvalue weighted by molar-refractivity contribution is -0.131. The van der Waals surface area contributed by atoms with Gasteiger partial charge in [-0.05, 0) is 19.1 Å². The first-order valence-corrected chi connectivity index (χ1v) is 5.02. The molecule has 8 nitrogen and oxygen atoms in total. The summed E-state index contributed by atoms with van der Waals surface area (Å²) in [7, 11) is 0. The third-order valence-electron chi connectivity index (χ3n) is 1.68. The van der Waals surface area contributed by atoms with Crippen LogP contribution in [-0.4, -0.2) is 52.6 Å². The molecule has 0 radical (unpaired) electrons. The molecular weight excluding hydrogens is 214 g/mol. The van der Waals surface area contributed by atoms with Crippen molar-refractivity contribution in [1.82, 2.24) is 25.9 Å². The average Bonchev–Trinajstić information content (AvgIpc) is 2.79. The topological polar surface area (TPSA) is 102 Å². The van der Waals surface area contributed by atoms with Crippen molar-refractivity contribution in [2.75, 3.05) is 19.8 Å². The Morgan fingerprint density at radius 3 is 2.62 bits per heavy atom. The number of ether oxygens (including phenoxy) is 2. The lowest BCUT2D eigenvalue weighted by Gasteiger charge is -2.16. The normalized spacial score (nSPS) is 10.7. The zero-order chi connectivity index (χ0) is 11.8. The van der Waals surface area contributed by atoms with Crippen LogP contribution in [0.25, 0.3) is 0 Å². The Labute approximate surface area is 92.7 Å². The third-order valence-corrected chi connectivity index (χ3v) is 1.68. The van der Waals surface area contributed by atoms with Crippen LogP contribution >= 0.6 is 0 Å². The molecule has 1 aromatic heterocycles. The van der Waals surface area contributed by atoms with E-state index in [4.69, 9.17) is 9.47 Å². The predicted octanol–water partition coefficient (Wildman–Crippen LogP) is -0.671. The van der Waals surface area contributed by atoms with Crippen LogP contribution in [0.5, 0.6) is 0 Å². The third kappa shape index (κ3) is 3.91. The van der Waals surface area contributed by atoms with Gasteiger partial charge in [0.25, 0.3) is 11.7 Å². The monoisotopic (exact) mass is 229 g/mol. The highest BCUT2D eigenvalue weighted by Crippen LogP contribution is 1.94. The van der Waals surface area contributed by atoms with E-state index in [0.717, 1.165) is 0 Å². The molecule has 0 atom stereocenters. The van der Waals surface area contributed by atoms with Crippen LogP contribution < -0.4 is 5.32 Å². The average molecular weight is 229 g/mol. The minimum atomic E-state index is -0.453. The lowest BCUT2D eigenvalue weighted by Crippen LogP contribution is -2.35. The molecule has 1 amide bonds. The van der Waals surface area contributed by atoms with Crippen LogP contribution in [-0.2, 0) is 9.47 Å². The van der Waals surface area contributed by atoms with Crippen molar-refractivity contribution in [2.45, 2.75) is 20.1 Å². The molecule has 1 rings (SSSR count). The lowest BCUT2D eigenvalue weighted by atomic mass is 10.5. The number of amides is 1. The number of aromatic nitrogens is 4. The zero-order valence-electron chi connectivity index (χ0n) is 9.27. The van der Waals surface area contributed by atoms with Crippen LogP contribution in [0.1, 0.15) is 24.5 Å². The SMILES string of the molecule is CCOC(CNC(=O)c1nn[nH]n1)OCC. The second-order valence-electron chi connectivity index (χ2n) is 2.79. The van der Waals surface area contributed by atoms with E-state index < -0.39 is 12.2 Å². The van der Waals surface area contributed by atoms with Crippen molar-refractivity contribution in [2.24, 2.45) is 0 Å². The van der Waals surface area contributed by atoms with Crippen LogP contribution in [0.15, 0.2) is 0 Å². The summed E-state index contributed by atoms with van der Waals surface area (Å²) in [5.41, 5.74) is 0. The molecule has 0 aliphatic rings. The molecular formula is C8H15N5O3. The first-order chi connectivity index (χ1) is 7.77. The molecule has 0 aliphatic carbocycles. The van der Waals surface area contributed by atoms with Crippen LogP contribution in [0.3, 0.4) is 0 Å².